The first-order valence-electron chi connectivity index (χ1n) is 10.1. The Morgan fingerprint density at radius 1 is 1.29 bits per heavy atom. The molecule has 3 unspecified atom stereocenters. The molecule has 3 atom stereocenters. The fourth-order valence-corrected chi connectivity index (χ4v) is 5.07. The summed E-state index contributed by atoms with van der Waals surface area (Å²) >= 11 is 0. The molecule has 7 heteroatoms. The molecule has 0 amide bonds. The van der Waals surface area contributed by atoms with E-state index in [1.54, 1.807) is 14.2 Å². The molecule has 2 N–H and O–H groups in total. The number of ether oxygens (including phenoxy) is 3. The highest BCUT2D eigenvalue weighted by Crippen LogP contribution is 2.62. The Morgan fingerprint density at radius 3 is 2.75 bits per heavy atom. The van der Waals surface area contributed by atoms with Crippen LogP contribution in [0.1, 0.15) is 38.2 Å². The van der Waals surface area contributed by atoms with Crippen LogP contribution in [0.3, 0.4) is 0 Å². The number of rotatable bonds is 6. The number of aliphatic imine (C=N–C) groups is 1. The van der Waals surface area contributed by atoms with Gasteiger partial charge < -0.3 is 24.8 Å². The van der Waals surface area contributed by atoms with Crippen molar-refractivity contribution in [2.45, 2.75) is 51.3 Å². The topological polar surface area (TPSA) is 64.1 Å². The van der Waals surface area contributed by atoms with Crippen LogP contribution in [0.5, 0.6) is 11.5 Å². The number of hydrogen-bond acceptors (Lipinski definition) is 4. The van der Waals surface area contributed by atoms with Gasteiger partial charge in [0.25, 0.3) is 0 Å². The molecular formula is C21H32IN3O3. The summed E-state index contributed by atoms with van der Waals surface area (Å²) in [5.74, 6) is 3.11. The van der Waals surface area contributed by atoms with Gasteiger partial charge in [0, 0.05) is 42.2 Å². The summed E-state index contributed by atoms with van der Waals surface area (Å²) in [6.45, 7) is 4.42. The highest BCUT2D eigenvalue weighted by molar-refractivity contribution is 14.0. The van der Waals surface area contributed by atoms with Crippen LogP contribution in [-0.2, 0) is 11.3 Å². The lowest BCUT2D eigenvalue weighted by Gasteiger charge is -2.63. The minimum Gasteiger partial charge on any atom is -0.497 e. The second-order valence-corrected chi connectivity index (χ2v) is 7.83. The van der Waals surface area contributed by atoms with Crippen LogP contribution >= 0.6 is 24.0 Å². The fraction of sp³-hybridized carbons (Fsp3) is 0.667. The molecule has 3 aliphatic rings. The van der Waals surface area contributed by atoms with Crippen LogP contribution in [-0.4, -0.2) is 45.5 Å². The molecule has 4 rings (SSSR count). The molecule has 1 aromatic carbocycles. The van der Waals surface area contributed by atoms with E-state index in [2.05, 4.69) is 17.6 Å². The van der Waals surface area contributed by atoms with Crippen molar-refractivity contribution < 1.29 is 14.2 Å². The lowest BCUT2D eigenvalue weighted by molar-refractivity contribution is -0.171. The zero-order valence-electron chi connectivity index (χ0n) is 17.0. The van der Waals surface area contributed by atoms with E-state index < -0.39 is 0 Å². The summed E-state index contributed by atoms with van der Waals surface area (Å²) in [6, 6.07) is 6.35. The molecule has 0 radical (unpaired) electrons. The molecule has 1 aromatic rings. The van der Waals surface area contributed by atoms with E-state index >= 15 is 0 Å². The molecule has 156 valence electrons. The number of benzene rings is 1. The number of nitrogens with zero attached hydrogens (tertiary/aromatic N) is 1. The van der Waals surface area contributed by atoms with Gasteiger partial charge in [-0.2, -0.15) is 0 Å². The van der Waals surface area contributed by atoms with Gasteiger partial charge in [-0.25, -0.2) is 4.99 Å². The summed E-state index contributed by atoms with van der Waals surface area (Å²) in [5, 5.41) is 7.15. The van der Waals surface area contributed by atoms with Crippen LogP contribution in [0.2, 0.25) is 0 Å². The number of halogens is 1. The van der Waals surface area contributed by atoms with E-state index in [9.17, 15) is 0 Å². The monoisotopic (exact) mass is 501 g/mol. The Labute approximate surface area is 184 Å². The Balaban J connectivity index is 0.00000225. The maximum atomic E-state index is 6.03. The molecule has 6 nitrogen and oxygen atoms in total. The van der Waals surface area contributed by atoms with Crippen LogP contribution < -0.4 is 20.1 Å². The lowest BCUT2D eigenvalue weighted by Crippen LogP contribution is -2.72. The van der Waals surface area contributed by atoms with Gasteiger partial charge in [-0.3, -0.25) is 0 Å². The molecule has 1 heterocycles. The van der Waals surface area contributed by atoms with E-state index in [-0.39, 0.29) is 24.0 Å². The van der Waals surface area contributed by atoms with Gasteiger partial charge in [0.15, 0.2) is 5.96 Å². The summed E-state index contributed by atoms with van der Waals surface area (Å²) < 4.78 is 16.8. The summed E-state index contributed by atoms with van der Waals surface area (Å²) in [7, 11) is 3.34. The highest BCUT2D eigenvalue weighted by atomic mass is 127. The van der Waals surface area contributed by atoms with Crippen molar-refractivity contribution in [1.82, 2.24) is 10.6 Å². The lowest BCUT2D eigenvalue weighted by atomic mass is 9.46. The van der Waals surface area contributed by atoms with Crippen molar-refractivity contribution in [2.75, 3.05) is 27.4 Å². The SMILES string of the molecule is CCNC(=NCc1ccc(OC)cc1OC)NC1C2CCOC2C12CCC2.I. The van der Waals surface area contributed by atoms with Crippen molar-refractivity contribution in [3.8, 4) is 11.5 Å². The predicted octanol–water partition coefficient (Wildman–Crippen LogP) is 3.33. The molecule has 2 aliphatic carbocycles. The second kappa shape index (κ2) is 9.07. The average molecular weight is 501 g/mol. The van der Waals surface area contributed by atoms with Gasteiger partial charge in [0.05, 0.1) is 26.9 Å². The van der Waals surface area contributed by atoms with Crippen LogP contribution in [0.25, 0.3) is 0 Å². The van der Waals surface area contributed by atoms with Crippen molar-refractivity contribution in [1.29, 1.82) is 0 Å². The third-order valence-corrected chi connectivity index (χ3v) is 6.57. The number of guanidine groups is 1. The van der Waals surface area contributed by atoms with E-state index in [0.717, 1.165) is 42.6 Å². The zero-order chi connectivity index (χ0) is 18.9. The maximum Gasteiger partial charge on any atom is 0.191 e. The standard InChI is InChI=1S/C21H31N3O3.HI/c1-4-22-20(23-13-14-6-7-15(25-2)12-17(14)26-3)24-18-16-8-11-27-19(16)21(18)9-5-10-21;/h6-7,12,16,18-19H,4-5,8-11,13H2,1-3H3,(H2,22,23,24);1H. The summed E-state index contributed by atoms with van der Waals surface area (Å²) in [4.78, 5) is 4.84. The van der Waals surface area contributed by atoms with Crippen molar-refractivity contribution >= 4 is 29.9 Å². The molecule has 1 saturated heterocycles. The first-order chi connectivity index (χ1) is 13.2. The Hall–Kier alpha value is -1.22. The van der Waals surface area contributed by atoms with Gasteiger partial charge in [-0.1, -0.05) is 6.42 Å². The molecule has 2 saturated carbocycles. The Bertz CT molecular complexity index is 708. The maximum absolute atomic E-state index is 6.03. The Kier molecular flexibility index (Phi) is 6.96. The molecule has 0 aromatic heterocycles. The normalized spacial score (nSPS) is 27.1. The van der Waals surface area contributed by atoms with E-state index in [4.69, 9.17) is 19.2 Å². The third-order valence-electron chi connectivity index (χ3n) is 6.57. The van der Waals surface area contributed by atoms with E-state index in [1.165, 1.54) is 19.3 Å². The van der Waals surface area contributed by atoms with Crippen molar-refractivity contribution in [3.63, 3.8) is 0 Å². The quantitative estimate of drug-likeness (QED) is 0.356. The largest absolute Gasteiger partial charge is 0.497 e. The van der Waals surface area contributed by atoms with E-state index in [0.29, 0.717) is 30.0 Å². The predicted molar refractivity (Wildman–Crippen MR) is 121 cm³/mol. The number of hydrogen-bond donors (Lipinski definition) is 2. The van der Waals surface area contributed by atoms with Crippen molar-refractivity contribution in [2.24, 2.45) is 16.3 Å². The minimum absolute atomic E-state index is 0. The van der Waals surface area contributed by atoms with Crippen LogP contribution in [0.4, 0.5) is 0 Å². The number of fused-ring (bicyclic) bond motifs is 2. The molecular weight excluding hydrogens is 469 g/mol. The second-order valence-electron chi connectivity index (χ2n) is 7.83. The first-order valence-corrected chi connectivity index (χ1v) is 10.1. The molecule has 0 bridgehead atoms. The van der Waals surface area contributed by atoms with Gasteiger partial charge in [0.1, 0.15) is 11.5 Å². The van der Waals surface area contributed by atoms with Crippen LogP contribution in [0, 0.1) is 11.3 Å². The molecule has 3 fully saturated rings. The average Bonchev–Trinajstić information content (AvgIpc) is 3.07. The molecule has 1 aliphatic heterocycles. The molecule has 1 spiro atoms. The van der Waals surface area contributed by atoms with Crippen molar-refractivity contribution in [3.05, 3.63) is 23.8 Å². The Morgan fingerprint density at radius 2 is 2.11 bits per heavy atom. The minimum atomic E-state index is 0. The smallest absolute Gasteiger partial charge is 0.191 e. The summed E-state index contributed by atoms with van der Waals surface area (Å²) in [6.07, 6.45) is 5.50. The van der Waals surface area contributed by atoms with Gasteiger partial charge in [0.2, 0.25) is 0 Å². The fourth-order valence-electron chi connectivity index (χ4n) is 5.07. The van der Waals surface area contributed by atoms with Crippen LogP contribution in [0.15, 0.2) is 23.2 Å². The number of methoxy groups -OCH3 is 2. The van der Waals surface area contributed by atoms with E-state index in [1.807, 2.05) is 18.2 Å². The van der Waals surface area contributed by atoms with Gasteiger partial charge in [-0.15, -0.1) is 24.0 Å². The molecule has 28 heavy (non-hydrogen) atoms. The highest BCUT2D eigenvalue weighted by Gasteiger charge is 2.66. The van der Waals surface area contributed by atoms with Gasteiger partial charge in [-0.05, 0) is 38.3 Å². The summed E-state index contributed by atoms with van der Waals surface area (Å²) in [5.41, 5.74) is 1.39. The van der Waals surface area contributed by atoms with Gasteiger partial charge >= 0.3 is 0 Å². The zero-order valence-corrected chi connectivity index (χ0v) is 19.3. The third kappa shape index (κ3) is 3.67. The number of nitrogens with one attached hydrogen (secondary N) is 2. The first kappa shape index (κ1) is 21.5.